The summed E-state index contributed by atoms with van der Waals surface area (Å²) in [6, 6.07) is 11.2. The van der Waals surface area contributed by atoms with Gasteiger partial charge in [0.05, 0.1) is 17.8 Å². The van der Waals surface area contributed by atoms with Crippen molar-refractivity contribution in [2.24, 2.45) is 5.41 Å². The highest BCUT2D eigenvalue weighted by Crippen LogP contribution is 2.39. The molecule has 0 bridgehead atoms. The van der Waals surface area contributed by atoms with Gasteiger partial charge >= 0.3 is 12.3 Å². The monoisotopic (exact) mass is 591 g/mol. The normalized spacial score (nSPS) is 18.1. The van der Waals surface area contributed by atoms with E-state index in [1.54, 1.807) is 45.6 Å². The lowest BCUT2D eigenvalue weighted by molar-refractivity contribution is -0.274. The molecule has 0 spiro atoms. The van der Waals surface area contributed by atoms with E-state index in [1.807, 2.05) is 0 Å². The lowest BCUT2D eigenvalue weighted by atomic mass is 9.81. The quantitative estimate of drug-likeness (QED) is 0.225. The fourth-order valence-electron chi connectivity index (χ4n) is 5.01. The second kappa shape index (κ2) is 11.7. The maximum Gasteiger partial charge on any atom is 0.573 e. The molecule has 2 heterocycles. The molecular formula is C30H33F4N3O5. The standard InChI is InChI=1S/C30H33F4N3O5/c1-28(2,3)41-24(38)15-29(4,5)27(39)37-16-20(18-9-11-23(12-10-18)40-30(32,33)34)13-21(17-37)26-35-25(36-42-26)19-7-6-8-22(31)14-19/h6-12,14,20-21H,13,15-17H2,1-5H3. The molecule has 0 saturated carbocycles. The minimum absolute atomic E-state index is 0.150. The van der Waals surface area contributed by atoms with Crippen LogP contribution in [0.1, 0.15) is 70.8 Å². The van der Waals surface area contributed by atoms with Crippen molar-refractivity contribution < 1.29 is 41.1 Å². The molecule has 1 amide bonds. The lowest BCUT2D eigenvalue weighted by Gasteiger charge is -2.40. The number of amides is 1. The number of carbonyl (C=O) groups is 2. The van der Waals surface area contributed by atoms with E-state index in [2.05, 4.69) is 14.9 Å². The van der Waals surface area contributed by atoms with Gasteiger partial charge < -0.3 is 18.9 Å². The van der Waals surface area contributed by atoms with Gasteiger partial charge in [0.15, 0.2) is 0 Å². The van der Waals surface area contributed by atoms with Crippen LogP contribution in [0.4, 0.5) is 17.6 Å². The van der Waals surface area contributed by atoms with Crippen molar-refractivity contribution in [3.8, 4) is 17.1 Å². The van der Waals surface area contributed by atoms with Crippen LogP contribution in [0, 0.1) is 11.2 Å². The van der Waals surface area contributed by atoms with Gasteiger partial charge in [0.1, 0.15) is 17.2 Å². The van der Waals surface area contributed by atoms with Crippen molar-refractivity contribution in [3.63, 3.8) is 0 Å². The van der Waals surface area contributed by atoms with Crippen LogP contribution < -0.4 is 4.74 Å². The van der Waals surface area contributed by atoms with Gasteiger partial charge in [-0.1, -0.05) is 43.3 Å². The van der Waals surface area contributed by atoms with Gasteiger partial charge in [-0.05, 0) is 57.0 Å². The summed E-state index contributed by atoms with van der Waals surface area (Å²) in [5.74, 6) is -1.96. The van der Waals surface area contributed by atoms with Crippen molar-refractivity contribution in [3.05, 3.63) is 65.8 Å². The van der Waals surface area contributed by atoms with E-state index < -0.39 is 35.1 Å². The van der Waals surface area contributed by atoms with Crippen LogP contribution in [0.15, 0.2) is 53.1 Å². The Balaban J connectivity index is 1.61. The third kappa shape index (κ3) is 8.07. The highest BCUT2D eigenvalue weighted by atomic mass is 19.4. The average Bonchev–Trinajstić information content (AvgIpc) is 3.37. The first-order chi connectivity index (χ1) is 19.5. The van der Waals surface area contributed by atoms with Crippen LogP contribution in [0.5, 0.6) is 5.75 Å². The smallest absolute Gasteiger partial charge is 0.460 e. The minimum atomic E-state index is -4.82. The summed E-state index contributed by atoms with van der Waals surface area (Å²) in [6.07, 6.45) is -4.53. The largest absolute Gasteiger partial charge is 0.573 e. The molecule has 1 aliphatic rings. The molecule has 8 nitrogen and oxygen atoms in total. The molecule has 2 aromatic carbocycles. The summed E-state index contributed by atoms with van der Waals surface area (Å²) in [4.78, 5) is 32.5. The number of aromatic nitrogens is 2. The van der Waals surface area contributed by atoms with E-state index >= 15 is 0 Å². The Kier molecular flexibility index (Phi) is 8.65. The Morgan fingerprint density at radius 3 is 2.29 bits per heavy atom. The predicted molar refractivity (Wildman–Crippen MR) is 144 cm³/mol. The van der Waals surface area contributed by atoms with Crippen molar-refractivity contribution >= 4 is 11.9 Å². The average molecular weight is 592 g/mol. The number of piperidine rings is 1. The third-order valence-corrected chi connectivity index (χ3v) is 6.78. The maximum absolute atomic E-state index is 13.8. The van der Waals surface area contributed by atoms with Gasteiger partial charge in [-0.15, -0.1) is 13.2 Å². The van der Waals surface area contributed by atoms with E-state index in [9.17, 15) is 27.2 Å². The third-order valence-electron chi connectivity index (χ3n) is 6.78. The van der Waals surface area contributed by atoms with Gasteiger partial charge in [0.25, 0.3) is 0 Å². The molecule has 1 aliphatic heterocycles. The number of likely N-dealkylation sites (tertiary alicyclic amines) is 1. The molecule has 4 rings (SSSR count). The SMILES string of the molecule is CC(C)(C)OC(=O)CC(C)(C)C(=O)N1CC(c2ccc(OC(F)(F)F)cc2)CC(c2nc(-c3cccc(F)c3)no2)C1. The first kappa shape index (κ1) is 31.0. The molecule has 2 unspecified atom stereocenters. The van der Waals surface area contributed by atoms with Gasteiger partial charge in [-0.25, -0.2) is 4.39 Å². The summed E-state index contributed by atoms with van der Waals surface area (Å²) in [5.41, 5.74) is -0.719. The zero-order valence-electron chi connectivity index (χ0n) is 24.0. The van der Waals surface area contributed by atoms with E-state index in [0.717, 1.165) is 0 Å². The molecule has 0 radical (unpaired) electrons. The maximum atomic E-state index is 13.8. The van der Waals surface area contributed by atoms with Crippen molar-refractivity contribution in [2.75, 3.05) is 13.1 Å². The summed E-state index contributed by atoms with van der Waals surface area (Å²) >= 11 is 0. The van der Waals surface area contributed by atoms with Gasteiger partial charge in [0, 0.05) is 24.6 Å². The first-order valence-electron chi connectivity index (χ1n) is 13.5. The van der Waals surface area contributed by atoms with E-state index in [4.69, 9.17) is 9.26 Å². The number of alkyl halides is 3. The van der Waals surface area contributed by atoms with Crippen molar-refractivity contribution in [1.82, 2.24) is 15.0 Å². The van der Waals surface area contributed by atoms with Crippen molar-refractivity contribution in [1.29, 1.82) is 0 Å². The van der Waals surface area contributed by atoms with Crippen molar-refractivity contribution in [2.45, 2.75) is 71.3 Å². The molecule has 3 aromatic rings. The van der Waals surface area contributed by atoms with Crippen LogP contribution in [-0.4, -0.2) is 52.0 Å². The molecule has 1 saturated heterocycles. The Hall–Kier alpha value is -3.96. The summed E-state index contributed by atoms with van der Waals surface area (Å²) in [5, 5.41) is 4.00. The fraction of sp³-hybridized carbons (Fsp3) is 0.467. The number of ether oxygens (including phenoxy) is 2. The zero-order valence-corrected chi connectivity index (χ0v) is 24.0. The molecule has 0 N–H and O–H groups in total. The van der Waals surface area contributed by atoms with Crippen LogP contribution in [0.25, 0.3) is 11.4 Å². The molecule has 12 heteroatoms. The van der Waals surface area contributed by atoms with Gasteiger partial charge in [0.2, 0.25) is 17.6 Å². The summed E-state index contributed by atoms with van der Waals surface area (Å²) in [7, 11) is 0. The number of nitrogens with zero attached hydrogens (tertiary/aromatic N) is 3. The number of hydrogen-bond acceptors (Lipinski definition) is 7. The van der Waals surface area contributed by atoms with Crippen LogP contribution in [0.3, 0.4) is 0 Å². The Morgan fingerprint density at radius 1 is 1.00 bits per heavy atom. The second-order valence-corrected chi connectivity index (χ2v) is 12.1. The number of benzene rings is 2. The summed E-state index contributed by atoms with van der Waals surface area (Å²) in [6.45, 7) is 9.00. The molecule has 226 valence electrons. The molecule has 1 aromatic heterocycles. The minimum Gasteiger partial charge on any atom is -0.460 e. The molecule has 42 heavy (non-hydrogen) atoms. The lowest BCUT2D eigenvalue weighted by Crippen LogP contribution is -2.48. The van der Waals surface area contributed by atoms with Gasteiger partial charge in [-0.3, -0.25) is 9.59 Å². The van der Waals surface area contributed by atoms with E-state index in [-0.39, 0.29) is 48.8 Å². The Bertz CT molecular complexity index is 1410. The van der Waals surface area contributed by atoms with Crippen LogP contribution >= 0.6 is 0 Å². The zero-order chi connectivity index (χ0) is 30.9. The number of carbonyl (C=O) groups excluding carboxylic acids is 2. The molecular weight excluding hydrogens is 558 g/mol. The summed E-state index contributed by atoms with van der Waals surface area (Å²) < 4.78 is 66.8. The Labute approximate surface area is 241 Å². The Morgan fingerprint density at radius 2 is 1.67 bits per heavy atom. The van der Waals surface area contributed by atoms with Gasteiger partial charge in [-0.2, -0.15) is 4.98 Å². The van der Waals surface area contributed by atoms with Crippen LogP contribution in [-0.2, 0) is 14.3 Å². The molecule has 1 fully saturated rings. The van der Waals surface area contributed by atoms with E-state index in [1.165, 1.54) is 42.5 Å². The van der Waals surface area contributed by atoms with Crippen LogP contribution in [0.2, 0.25) is 0 Å². The second-order valence-electron chi connectivity index (χ2n) is 12.1. The number of halogens is 4. The first-order valence-corrected chi connectivity index (χ1v) is 13.5. The number of hydrogen-bond donors (Lipinski definition) is 0. The number of rotatable bonds is 7. The number of esters is 1. The highest BCUT2D eigenvalue weighted by molar-refractivity contribution is 5.87. The highest BCUT2D eigenvalue weighted by Gasteiger charge is 2.41. The molecule has 0 aliphatic carbocycles. The van der Waals surface area contributed by atoms with E-state index in [0.29, 0.717) is 17.5 Å². The molecule has 2 atom stereocenters. The topological polar surface area (TPSA) is 94.8 Å². The predicted octanol–water partition coefficient (Wildman–Crippen LogP) is 6.63. The fourth-order valence-corrected chi connectivity index (χ4v) is 5.01.